The van der Waals surface area contributed by atoms with E-state index < -0.39 is 0 Å². The number of ether oxygens (including phenoxy) is 1. The number of carbonyl (C=O) groups excluding carboxylic acids is 1. The fourth-order valence-corrected chi connectivity index (χ4v) is 1.91. The topological polar surface area (TPSA) is 41.6 Å². The van der Waals surface area contributed by atoms with Gasteiger partial charge in [-0.1, -0.05) is 0 Å². The molecule has 0 aromatic heterocycles. The number of amides is 1. The molecule has 1 saturated heterocycles. The third-order valence-electron chi connectivity index (χ3n) is 3.16. The maximum Gasteiger partial charge on any atom is 0.239 e. The molecule has 1 amide bonds. The van der Waals surface area contributed by atoms with Crippen LogP contribution in [0.25, 0.3) is 0 Å². The van der Waals surface area contributed by atoms with Crippen LogP contribution in [0.4, 0.5) is 0 Å². The van der Waals surface area contributed by atoms with E-state index >= 15 is 0 Å². The van der Waals surface area contributed by atoms with E-state index in [4.69, 9.17) is 4.74 Å². The first-order valence-corrected chi connectivity index (χ1v) is 6.25. The third-order valence-corrected chi connectivity index (χ3v) is 3.16. The molecule has 4 nitrogen and oxygen atoms in total. The summed E-state index contributed by atoms with van der Waals surface area (Å²) in [5, 5.41) is 3.25. The van der Waals surface area contributed by atoms with Crippen molar-refractivity contribution < 1.29 is 9.53 Å². The van der Waals surface area contributed by atoms with E-state index in [2.05, 4.69) is 5.32 Å². The van der Waals surface area contributed by atoms with Gasteiger partial charge in [-0.3, -0.25) is 4.79 Å². The van der Waals surface area contributed by atoms with Crippen molar-refractivity contribution in [1.29, 1.82) is 0 Å². The molecule has 1 aliphatic heterocycles. The van der Waals surface area contributed by atoms with Crippen LogP contribution in [0.2, 0.25) is 0 Å². The average molecular weight is 228 g/mol. The maximum atomic E-state index is 11.7. The number of nitrogens with one attached hydrogen (secondary N) is 1. The van der Waals surface area contributed by atoms with Gasteiger partial charge in [0.2, 0.25) is 5.91 Å². The van der Waals surface area contributed by atoms with Gasteiger partial charge in [0.1, 0.15) is 0 Å². The van der Waals surface area contributed by atoms with Crippen LogP contribution in [0, 0.1) is 0 Å². The number of carbonyl (C=O) groups is 1. The summed E-state index contributed by atoms with van der Waals surface area (Å²) in [6.07, 6.45) is 3.75. The van der Waals surface area contributed by atoms with Gasteiger partial charge in [-0.25, -0.2) is 0 Å². The van der Waals surface area contributed by atoms with Crippen molar-refractivity contribution in [2.24, 2.45) is 0 Å². The molecule has 2 atom stereocenters. The van der Waals surface area contributed by atoms with Crippen molar-refractivity contribution in [3.63, 3.8) is 0 Å². The molecule has 2 unspecified atom stereocenters. The molecule has 0 spiro atoms. The molecule has 16 heavy (non-hydrogen) atoms. The lowest BCUT2D eigenvalue weighted by atomic mass is 10.2. The Kier molecular flexibility index (Phi) is 5.77. The molecule has 0 aliphatic carbocycles. The summed E-state index contributed by atoms with van der Waals surface area (Å²) in [4.78, 5) is 13.5. The van der Waals surface area contributed by atoms with Crippen molar-refractivity contribution in [2.45, 2.75) is 45.3 Å². The minimum Gasteiger partial charge on any atom is -0.378 e. The van der Waals surface area contributed by atoms with Crippen LogP contribution in [-0.2, 0) is 9.53 Å². The van der Waals surface area contributed by atoms with Gasteiger partial charge in [-0.2, -0.15) is 0 Å². The lowest BCUT2D eigenvalue weighted by molar-refractivity contribution is -0.131. The first kappa shape index (κ1) is 13.5. The van der Waals surface area contributed by atoms with Crippen LogP contribution in [0.3, 0.4) is 0 Å². The molecule has 1 N–H and O–H groups in total. The summed E-state index contributed by atoms with van der Waals surface area (Å²) in [6, 6.07) is -0.0913. The normalized spacial score (nSPS) is 22.1. The largest absolute Gasteiger partial charge is 0.378 e. The van der Waals surface area contributed by atoms with Gasteiger partial charge >= 0.3 is 0 Å². The number of rotatable bonds is 6. The molecule has 1 fully saturated rings. The molecule has 0 bridgehead atoms. The van der Waals surface area contributed by atoms with Crippen molar-refractivity contribution in [3.05, 3.63) is 0 Å². The molecule has 1 rings (SSSR count). The van der Waals surface area contributed by atoms with Crippen molar-refractivity contribution >= 4 is 5.91 Å². The van der Waals surface area contributed by atoms with Crippen LogP contribution >= 0.6 is 0 Å². The van der Waals surface area contributed by atoms with Gasteiger partial charge in [-0.05, 0) is 39.7 Å². The standard InChI is InChI=1S/C12H24N2O2/c1-4-14(3)12(15)10(2)13-8-7-11-6-5-9-16-11/h10-11,13H,4-9H2,1-3H3. The van der Waals surface area contributed by atoms with Crippen molar-refractivity contribution in [2.75, 3.05) is 26.7 Å². The van der Waals surface area contributed by atoms with Crippen LogP contribution in [-0.4, -0.2) is 49.7 Å². The maximum absolute atomic E-state index is 11.7. The second-order valence-electron chi connectivity index (χ2n) is 4.45. The number of nitrogens with zero attached hydrogens (tertiary/aromatic N) is 1. The molecule has 0 aromatic rings. The Morgan fingerprint density at radius 3 is 2.94 bits per heavy atom. The average Bonchev–Trinajstić information content (AvgIpc) is 2.79. The van der Waals surface area contributed by atoms with Gasteiger partial charge in [0.25, 0.3) is 0 Å². The molecule has 94 valence electrons. The fourth-order valence-electron chi connectivity index (χ4n) is 1.91. The minimum atomic E-state index is -0.0913. The molecular formula is C12H24N2O2. The van der Waals surface area contributed by atoms with Gasteiger partial charge < -0.3 is 15.0 Å². The smallest absolute Gasteiger partial charge is 0.239 e. The number of likely N-dealkylation sites (N-methyl/N-ethyl adjacent to an activating group) is 1. The van der Waals surface area contributed by atoms with Crippen molar-refractivity contribution in [1.82, 2.24) is 10.2 Å². The van der Waals surface area contributed by atoms with E-state index in [1.165, 1.54) is 12.8 Å². The summed E-state index contributed by atoms with van der Waals surface area (Å²) >= 11 is 0. The second-order valence-corrected chi connectivity index (χ2v) is 4.45. The highest BCUT2D eigenvalue weighted by atomic mass is 16.5. The third kappa shape index (κ3) is 4.10. The Morgan fingerprint density at radius 1 is 1.62 bits per heavy atom. The monoisotopic (exact) mass is 228 g/mol. The van der Waals surface area contributed by atoms with Crippen LogP contribution in [0.15, 0.2) is 0 Å². The van der Waals surface area contributed by atoms with Gasteiger partial charge in [0.05, 0.1) is 12.1 Å². The van der Waals surface area contributed by atoms with Gasteiger partial charge in [-0.15, -0.1) is 0 Å². The fraction of sp³-hybridized carbons (Fsp3) is 0.917. The molecule has 1 heterocycles. The van der Waals surface area contributed by atoms with E-state index in [1.807, 2.05) is 20.9 Å². The second kappa shape index (κ2) is 6.86. The predicted octanol–water partition coefficient (Wildman–Crippen LogP) is 1.01. The van der Waals surface area contributed by atoms with Crippen LogP contribution in [0.5, 0.6) is 0 Å². The molecule has 1 aliphatic rings. The highest BCUT2D eigenvalue weighted by Crippen LogP contribution is 2.14. The van der Waals surface area contributed by atoms with Crippen LogP contribution < -0.4 is 5.32 Å². The quantitative estimate of drug-likeness (QED) is 0.738. The summed E-state index contributed by atoms with van der Waals surface area (Å²) in [5.74, 6) is 0.162. The Bertz CT molecular complexity index is 215. The first-order chi connectivity index (χ1) is 7.65. The minimum absolute atomic E-state index is 0.0913. The van der Waals surface area contributed by atoms with Gasteiger partial charge in [0, 0.05) is 20.2 Å². The van der Waals surface area contributed by atoms with E-state index in [0.717, 1.165) is 26.1 Å². The van der Waals surface area contributed by atoms with Crippen LogP contribution in [0.1, 0.15) is 33.1 Å². The summed E-state index contributed by atoms with van der Waals surface area (Å²) in [7, 11) is 1.83. The molecule has 4 heteroatoms. The molecule has 0 saturated carbocycles. The summed E-state index contributed by atoms with van der Waals surface area (Å²) in [6.45, 7) is 6.42. The molecular weight excluding hydrogens is 204 g/mol. The van der Waals surface area contributed by atoms with E-state index in [9.17, 15) is 4.79 Å². The van der Waals surface area contributed by atoms with Crippen molar-refractivity contribution in [3.8, 4) is 0 Å². The zero-order chi connectivity index (χ0) is 12.0. The van der Waals surface area contributed by atoms with E-state index in [-0.39, 0.29) is 11.9 Å². The van der Waals surface area contributed by atoms with Gasteiger partial charge in [0.15, 0.2) is 0 Å². The molecule has 0 aromatic carbocycles. The number of hydrogen-bond donors (Lipinski definition) is 1. The summed E-state index contributed by atoms with van der Waals surface area (Å²) < 4.78 is 5.53. The summed E-state index contributed by atoms with van der Waals surface area (Å²) in [5.41, 5.74) is 0. The Labute approximate surface area is 98.3 Å². The Morgan fingerprint density at radius 2 is 2.38 bits per heavy atom. The molecule has 0 radical (unpaired) electrons. The highest BCUT2D eigenvalue weighted by molar-refractivity contribution is 5.81. The zero-order valence-electron chi connectivity index (χ0n) is 10.7. The lowest BCUT2D eigenvalue weighted by Crippen LogP contribution is -2.43. The first-order valence-electron chi connectivity index (χ1n) is 6.25. The highest BCUT2D eigenvalue weighted by Gasteiger charge is 2.18. The number of hydrogen-bond acceptors (Lipinski definition) is 3. The predicted molar refractivity (Wildman–Crippen MR) is 64.4 cm³/mol. The Hall–Kier alpha value is -0.610. The lowest BCUT2D eigenvalue weighted by Gasteiger charge is -2.21. The SMILES string of the molecule is CCN(C)C(=O)C(C)NCCC1CCCO1. The zero-order valence-corrected chi connectivity index (χ0v) is 10.7. The van der Waals surface area contributed by atoms with E-state index in [1.54, 1.807) is 4.90 Å². The Balaban J connectivity index is 2.13. The van der Waals surface area contributed by atoms with E-state index in [0.29, 0.717) is 6.10 Å².